The van der Waals surface area contributed by atoms with E-state index in [-0.39, 0.29) is 5.69 Å². The van der Waals surface area contributed by atoms with Crippen LogP contribution in [0, 0.1) is 0 Å². The zero-order chi connectivity index (χ0) is 10.8. The molecule has 0 saturated carbocycles. The van der Waals surface area contributed by atoms with Crippen LogP contribution in [0.2, 0.25) is 0 Å². The van der Waals surface area contributed by atoms with Crippen LogP contribution in [0.4, 0.5) is 13.2 Å². The van der Waals surface area contributed by atoms with E-state index in [0.717, 1.165) is 0 Å². The van der Waals surface area contributed by atoms with E-state index >= 15 is 0 Å². The van der Waals surface area contributed by atoms with Crippen molar-refractivity contribution >= 4 is 0 Å². The van der Waals surface area contributed by atoms with Crippen molar-refractivity contribution < 1.29 is 17.9 Å². The molecule has 78 valence electrons. The molecular formula is C8H9F3N2O. The highest BCUT2D eigenvalue weighted by Gasteiger charge is 2.38. The topological polar surface area (TPSA) is 48.1 Å². The number of methoxy groups -OCH3 is 1. The first-order valence-corrected chi connectivity index (χ1v) is 3.77. The van der Waals surface area contributed by atoms with Gasteiger partial charge in [0.1, 0.15) is 11.8 Å². The second-order valence-corrected chi connectivity index (χ2v) is 2.64. The SMILES string of the molecule is COc1ccc(C(N)C(F)(F)F)nc1. The quantitative estimate of drug-likeness (QED) is 0.800. The van der Waals surface area contributed by atoms with Crippen molar-refractivity contribution in [2.24, 2.45) is 5.73 Å². The summed E-state index contributed by atoms with van der Waals surface area (Å²) in [5, 5.41) is 0. The van der Waals surface area contributed by atoms with E-state index < -0.39 is 12.2 Å². The van der Waals surface area contributed by atoms with Crippen LogP contribution in [-0.2, 0) is 0 Å². The lowest BCUT2D eigenvalue weighted by atomic mass is 10.2. The number of hydrogen-bond donors (Lipinski definition) is 1. The van der Waals surface area contributed by atoms with Crippen molar-refractivity contribution in [3.63, 3.8) is 0 Å². The van der Waals surface area contributed by atoms with Gasteiger partial charge in [0.15, 0.2) is 0 Å². The second kappa shape index (κ2) is 3.83. The fraction of sp³-hybridized carbons (Fsp3) is 0.375. The number of halogens is 3. The maximum atomic E-state index is 12.1. The highest BCUT2D eigenvalue weighted by Crippen LogP contribution is 2.29. The molecule has 1 atom stereocenters. The summed E-state index contributed by atoms with van der Waals surface area (Å²) in [5.41, 5.74) is 4.71. The Kier molecular flexibility index (Phi) is 2.95. The van der Waals surface area contributed by atoms with Crippen molar-refractivity contribution in [3.05, 3.63) is 24.0 Å². The predicted octanol–water partition coefficient (Wildman–Crippen LogP) is 1.65. The zero-order valence-electron chi connectivity index (χ0n) is 7.38. The molecule has 2 N–H and O–H groups in total. The van der Waals surface area contributed by atoms with Gasteiger partial charge in [0.05, 0.1) is 19.0 Å². The molecule has 0 amide bonds. The lowest BCUT2D eigenvalue weighted by Crippen LogP contribution is -2.29. The molecule has 1 heterocycles. The van der Waals surface area contributed by atoms with E-state index in [1.807, 2.05) is 0 Å². The standard InChI is InChI=1S/C8H9F3N2O/c1-14-5-2-3-6(13-4-5)7(12)8(9,10)11/h2-4,7H,12H2,1H3. The van der Waals surface area contributed by atoms with Crippen LogP contribution in [-0.4, -0.2) is 18.3 Å². The number of nitrogens with zero attached hydrogens (tertiary/aromatic N) is 1. The lowest BCUT2D eigenvalue weighted by Gasteiger charge is -2.14. The summed E-state index contributed by atoms with van der Waals surface area (Å²) in [6, 6.07) is 0.527. The molecule has 0 aromatic carbocycles. The van der Waals surface area contributed by atoms with Crippen molar-refractivity contribution in [1.29, 1.82) is 0 Å². The Labute approximate surface area is 78.7 Å². The first kappa shape index (κ1) is 10.8. The number of hydrogen-bond acceptors (Lipinski definition) is 3. The van der Waals surface area contributed by atoms with Crippen LogP contribution in [0.5, 0.6) is 5.75 Å². The van der Waals surface area contributed by atoms with Gasteiger partial charge in [-0.3, -0.25) is 4.98 Å². The zero-order valence-corrected chi connectivity index (χ0v) is 7.38. The van der Waals surface area contributed by atoms with Gasteiger partial charge < -0.3 is 10.5 Å². The molecule has 6 heteroatoms. The maximum absolute atomic E-state index is 12.1. The third kappa shape index (κ3) is 2.35. The van der Waals surface area contributed by atoms with Crippen molar-refractivity contribution in [1.82, 2.24) is 4.98 Å². The Morgan fingerprint density at radius 3 is 2.43 bits per heavy atom. The van der Waals surface area contributed by atoms with E-state index in [9.17, 15) is 13.2 Å². The summed E-state index contributed by atoms with van der Waals surface area (Å²) in [4.78, 5) is 3.55. The summed E-state index contributed by atoms with van der Waals surface area (Å²) in [5.74, 6) is 0.392. The summed E-state index contributed by atoms with van der Waals surface area (Å²) >= 11 is 0. The minimum atomic E-state index is -4.47. The third-order valence-electron chi connectivity index (χ3n) is 1.67. The molecule has 0 aliphatic rings. The maximum Gasteiger partial charge on any atom is 0.409 e. The molecule has 1 unspecified atom stereocenters. The van der Waals surface area contributed by atoms with Crippen LogP contribution in [0.3, 0.4) is 0 Å². The average molecular weight is 206 g/mol. The fourth-order valence-electron chi connectivity index (χ4n) is 0.864. The molecular weight excluding hydrogens is 197 g/mol. The highest BCUT2D eigenvalue weighted by atomic mass is 19.4. The first-order valence-electron chi connectivity index (χ1n) is 3.77. The molecule has 0 spiro atoms. The summed E-state index contributed by atoms with van der Waals surface area (Å²) in [6.07, 6.45) is -3.28. The Hall–Kier alpha value is -1.30. The van der Waals surface area contributed by atoms with E-state index in [1.54, 1.807) is 0 Å². The third-order valence-corrected chi connectivity index (χ3v) is 1.67. The number of aromatic nitrogens is 1. The summed E-state index contributed by atoms with van der Waals surface area (Å²) in [7, 11) is 1.40. The molecule has 0 aliphatic heterocycles. The molecule has 1 aromatic rings. The van der Waals surface area contributed by atoms with Crippen molar-refractivity contribution in [2.45, 2.75) is 12.2 Å². The summed E-state index contributed by atoms with van der Waals surface area (Å²) < 4.78 is 41.1. The van der Waals surface area contributed by atoms with Crippen molar-refractivity contribution in [3.8, 4) is 5.75 Å². The Morgan fingerprint density at radius 2 is 2.07 bits per heavy atom. The van der Waals surface area contributed by atoms with E-state index in [0.29, 0.717) is 5.75 Å². The Balaban J connectivity index is 2.87. The second-order valence-electron chi connectivity index (χ2n) is 2.64. The molecule has 0 aliphatic carbocycles. The molecule has 1 aromatic heterocycles. The molecule has 0 radical (unpaired) electrons. The normalized spacial score (nSPS) is 13.8. The van der Waals surface area contributed by atoms with Gasteiger partial charge in [-0.15, -0.1) is 0 Å². The van der Waals surface area contributed by atoms with Gasteiger partial charge in [-0.05, 0) is 12.1 Å². The van der Waals surface area contributed by atoms with Gasteiger partial charge in [0, 0.05) is 0 Å². The number of alkyl halides is 3. The molecule has 0 fully saturated rings. The number of pyridine rings is 1. The largest absolute Gasteiger partial charge is 0.495 e. The van der Waals surface area contributed by atoms with Crippen LogP contribution >= 0.6 is 0 Å². The van der Waals surface area contributed by atoms with Gasteiger partial charge in [0.2, 0.25) is 0 Å². The number of ether oxygens (including phenoxy) is 1. The van der Waals surface area contributed by atoms with Gasteiger partial charge in [0.25, 0.3) is 0 Å². The van der Waals surface area contributed by atoms with Crippen LogP contribution < -0.4 is 10.5 Å². The number of nitrogens with two attached hydrogens (primary N) is 1. The minimum absolute atomic E-state index is 0.224. The molecule has 14 heavy (non-hydrogen) atoms. The van der Waals surface area contributed by atoms with Crippen molar-refractivity contribution in [2.75, 3.05) is 7.11 Å². The number of rotatable bonds is 2. The first-order chi connectivity index (χ1) is 6.45. The van der Waals surface area contributed by atoms with Gasteiger partial charge in [-0.1, -0.05) is 0 Å². The molecule has 0 bridgehead atoms. The van der Waals surface area contributed by atoms with Gasteiger partial charge >= 0.3 is 6.18 Å². The summed E-state index contributed by atoms with van der Waals surface area (Å²) in [6.45, 7) is 0. The van der Waals surface area contributed by atoms with Crippen LogP contribution in [0.25, 0.3) is 0 Å². The van der Waals surface area contributed by atoms with Crippen LogP contribution in [0.15, 0.2) is 18.3 Å². The smallest absolute Gasteiger partial charge is 0.409 e. The predicted molar refractivity (Wildman–Crippen MR) is 43.8 cm³/mol. The fourth-order valence-corrected chi connectivity index (χ4v) is 0.864. The molecule has 3 nitrogen and oxygen atoms in total. The van der Waals surface area contributed by atoms with E-state index in [4.69, 9.17) is 10.5 Å². The van der Waals surface area contributed by atoms with E-state index in [2.05, 4.69) is 4.98 Å². The minimum Gasteiger partial charge on any atom is -0.495 e. The average Bonchev–Trinajstić information content (AvgIpc) is 2.15. The van der Waals surface area contributed by atoms with Gasteiger partial charge in [-0.2, -0.15) is 13.2 Å². The highest BCUT2D eigenvalue weighted by molar-refractivity contribution is 5.21. The molecule has 1 rings (SSSR count). The van der Waals surface area contributed by atoms with E-state index in [1.165, 1.54) is 25.4 Å². The van der Waals surface area contributed by atoms with Gasteiger partial charge in [-0.25, -0.2) is 0 Å². The molecule has 0 saturated heterocycles. The lowest BCUT2D eigenvalue weighted by molar-refractivity contribution is -0.150. The Morgan fingerprint density at radius 1 is 1.43 bits per heavy atom. The monoisotopic (exact) mass is 206 g/mol. The Bertz CT molecular complexity index is 296. The van der Waals surface area contributed by atoms with Crippen LogP contribution in [0.1, 0.15) is 11.7 Å².